The van der Waals surface area contributed by atoms with Gasteiger partial charge in [-0.1, -0.05) is 18.2 Å². The first-order valence-corrected chi connectivity index (χ1v) is 9.68. The van der Waals surface area contributed by atoms with Crippen molar-refractivity contribution < 1.29 is 23.9 Å². The van der Waals surface area contributed by atoms with E-state index >= 15 is 0 Å². The fraction of sp³-hybridized carbons (Fsp3) is 0.476. The minimum Gasteiger partial charge on any atom is -0.466 e. The Morgan fingerprint density at radius 1 is 1.14 bits per heavy atom. The molecule has 2 unspecified atom stereocenters. The second kappa shape index (κ2) is 8.46. The molecule has 0 bridgehead atoms. The summed E-state index contributed by atoms with van der Waals surface area (Å²) >= 11 is 0. The van der Waals surface area contributed by atoms with Crippen LogP contribution in [-0.4, -0.2) is 44.0 Å². The van der Waals surface area contributed by atoms with Gasteiger partial charge in [0, 0.05) is 25.2 Å². The molecule has 7 heteroatoms. The molecule has 3 aliphatic rings. The highest BCUT2D eigenvalue weighted by Gasteiger charge is 2.52. The van der Waals surface area contributed by atoms with E-state index in [9.17, 15) is 14.4 Å². The van der Waals surface area contributed by atoms with E-state index < -0.39 is 17.3 Å². The molecule has 150 valence electrons. The van der Waals surface area contributed by atoms with Crippen molar-refractivity contribution in [3.63, 3.8) is 0 Å². The van der Waals surface area contributed by atoms with Gasteiger partial charge in [-0.3, -0.25) is 9.59 Å². The molecule has 3 rings (SSSR count). The van der Waals surface area contributed by atoms with Crippen molar-refractivity contribution in [1.29, 1.82) is 0 Å². The minimum atomic E-state index is -0.758. The van der Waals surface area contributed by atoms with E-state index in [4.69, 9.17) is 9.47 Å². The van der Waals surface area contributed by atoms with Crippen LogP contribution in [0.1, 0.15) is 26.7 Å². The lowest BCUT2D eigenvalue weighted by molar-refractivity contribution is -0.144. The quantitative estimate of drug-likeness (QED) is 0.641. The predicted molar refractivity (Wildman–Crippen MR) is 103 cm³/mol. The van der Waals surface area contributed by atoms with Gasteiger partial charge < -0.3 is 20.1 Å². The third kappa shape index (κ3) is 3.61. The fourth-order valence-corrected chi connectivity index (χ4v) is 4.03. The highest BCUT2D eigenvalue weighted by molar-refractivity contribution is 5.91. The van der Waals surface area contributed by atoms with Crippen molar-refractivity contribution in [3.05, 3.63) is 47.3 Å². The topological polar surface area (TPSA) is 93.7 Å². The molecular formula is C21H26N2O5. The van der Waals surface area contributed by atoms with Crippen LogP contribution in [0.3, 0.4) is 0 Å². The number of hydrogen-bond donors (Lipinski definition) is 2. The predicted octanol–water partition coefficient (Wildman–Crippen LogP) is 1.53. The van der Waals surface area contributed by atoms with Crippen LogP contribution in [0.5, 0.6) is 0 Å². The Morgan fingerprint density at radius 3 is 2.68 bits per heavy atom. The monoisotopic (exact) mass is 386 g/mol. The number of Topliss-reactive ketones (excluding diaryl/α,β-unsaturated/α-hetero) is 1. The maximum Gasteiger partial charge on any atom is 0.354 e. The smallest absolute Gasteiger partial charge is 0.354 e. The normalized spacial score (nSPS) is 24.9. The fourth-order valence-electron chi connectivity index (χ4n) is 4.03. The summed E-state index contributed by atoms with van der Waals surface area (Å²) in [6, 6.07) is 0. The van der Waals surface area contributed by atoms with Gasteiger partial charge in [-0.25, -0.2) is 4.79 Å². The third-order valence-corrected chi connectivity index (χ3v) is 5.26. The maximum atomic E-state index is 13.1. The highest BCUT2D eigenvalue weighted by atomic mass is 16.5. The Hall–Kier alpha value is -2.83. The SMILES string of the molecule is CCOC(=O)CCC(=O)C1CNC2=CC=CC3=CCNC(C(=O)OCC)=CC321. The third-order valence-electron chi connectivity index (χ3n) is 5.26. The van der Waals surface area contributed by atoms with Gasteiger partial charge in [0.2, 0.25) is 0 Å². The van der Waals surface area contributed by atoms with Crippen molar-refractivity contribution in [1.82, 2.24) is 10.6 Å². The minimum absolute atomic E-state index is 0.0356. The van der Waals surface area contributed by atoms with Crippen molar-refractivity contribution >= 4 is 17.7 Å². The standard InChI is InChI=1S/C21H26N2O5/c1-3-27-19(25)9-8-17(24)15-13-23-18-7-5-6-14-10-11-22-16(12-21(14,15)18)20(26)28-4-2/h5-7,10,12,15,22-23H,3-4,8-9,11,13H2,1-2H3. The number of carbonyl (C=O) groups excluding carboxylic acids is 3. The molecule has 0 radical (unpaired) electrons. The van der Waals surface area contributed by atoms with Crippen LogP contribution in [0.2, 0.25) is 0 Å². The summed E-state index contributed by atoms with van der Waals surface area (Å²) in [4.78, 5) is 37.2. The number of allylic oxidation sites excluding steroid dienone is 4. The number of ketones is 1. The van der Waals surface area contributed by atoms with Crippen molar-refractivity contribution in [2.24, 2.45) is 11.3 Å². The number of ether oxygens (including phenoxy) is 2. The van der Waals surface area contributed by atoms with Crippen LogP contribution in [0.15, 0.2) is 47.3 Å². The first-order valence-electron chi connectivity index (χ1n) is 9.68. The van der Waals surface area contributed by atoms with Crippen LogP contribution in [-0.2, 0) is 23.9 Å². The number of carbonyl (C=O) groups is 3. The van der Waals surface area contributed by atoms with Crippen molar-refractivity contribution in [2.75, 3.05) is 26.3 Å². The summed E-state index contributed by atoms with van der Waals surface area (Å²) in [7, 11) is 0. The number of rotatable bonds is 7. The molecule has 0 saturated carbocycles. The Balaban J connectivity index is 1.94. The summed E-state index contributed by atoms with van der Waals surface area (Å²) in [5.74, 6) is -1.27. The summed E-state index contributed by atoms with van der Waals surface area (Å²) in [6.07, 6.45) is 9.79. The first-order chi connectivity index (χ1) is 13.5. The molecule has 2 heterocycles. The van der Waals surface area contributed by atoms with Gasteiger partial charge in [0.15, 0.2) is 0 Å². The van der Waals surface area contributed by atoms with Crippen LogP contribution < -0.4 is 10.6 Å². The molecule has 2 atom stereocenters. The highest BCUT2D eigenvalue weighted by Crippen LogP contribution is 2.51. The van der Waals surface area contributed by atoms with Crippen LogP contribution in [0.25, 0.3) is 0 Å². The molecule has 1 spiro atoms. The molecule has 28 heavy (non-hydrogen) atoms. The molecule has 0 aromatic rings. The average molecular weight is 386 g/mol. The zero-order chi connectivity index (χ0) is 20.1. The van der Waals surface area contributed by atoms with Crippen LogP contribution in [0, 0.1) is 11.3 Å². The molecule has 1 saturated heterocycles. The van der Waals surface area contributed by atoms with E-state index in [-0.39, 0.29) is 31.2 Å². The molecule has 0 amide bonds. The van der Waals surface area contributed by atoms with E-state index in [1.54, 1.807) is 13.8 Å². The maximum absolute atomic E-state index is 13.1. The second-order valence-corrected chi connectivity index (χ2v) is 6.83. The van der Waals surface area contributed by atoms with Gasteiger partial charge in [0.1, 0.15) is 11.5 Å². The zero-order valence-corrected chi connectivity index (χ0v) is 16.2. The summed E-state index contributed by atoms with van der Waals surface area (Å²) < 4.78 is 10.1. The lowest BCUT2D eigenvalue weighted by Gasteiger charge is -2.35. The lowest BCUT2D eigenvalue weighted by Crippen LogP contribution is -2.36. The number of hydrogen-bond acceptors (Lipinski definition) is 7. The Bertz CT molecular complexity index is 793. The van der Waals surface area contributed by atoms with E-state index in [1.165, 1.54) is 0 Å². The molecule has 1 fully saturated rings. The Morgan fingerprint density at radius 2 is 1.93 bits per heavy atom. The first kappa shape index (κ1) is 19.9. The molecule has 0 aromatic carbocycles. The molecular weight excluding hydrogens is 360 g/mol. The van der Waals surface area contributed by atoms with E-state index in [1.807, 2.05) is 30.4 Å². The van der Waals surface area contributed by atoms with Gasteiger partial charge in [0.25, 0.3) is 0 Å². The summed E-state index contributed by atoms with van der Waals surface area (Å²) in [6.45, 7) is 4.97. The largest absolute Gasteiger partial charge is 0.466 e. The van der Waals surface area contributed by atoms with E-state index in [0.29, 0.717) is 25.4 Å². The Labute approximate surface area is 164 Å². The molecule has 0 aromatic heterocycles. The van der Waals surface area contributed by atoms with Crippen molar-refractivity contribution in [2.45, 2.75) is 26.7 Å². The van der Waals surface area contributed by atoms with Gasteiger partial charge >= 0.3 is 11.9 Å². The van der Waals surface area contributed by atoms with Gasteiger partial charge in [-0.05, 0) is 31.6 Å². The summed E-state index contributed by atoms with van der Waals surface area (Å²) in [5.41, 5.74) is 1.42. The molecule has 1 aliphatic carbocycles. The number of esters is 2. The van der Waals surface area contributed by atoms with Gasteiger partial charge in [-0.2, -0.15) is 0 Å². The van der Waals surface area contributed by atoms with E-state index in [0.717, 1.165) is 11.3 Å². The summed E-state index contributed by atoms with van der Waals surface area (Å²) in [5, 5.41) is 6.41. The lowest BCUT2D eigenvalue weighted by atomic mass is 9.66. The van der Waals surface area contributed by atoms with Crippen LogP contribution in [0.4, 0.5) is 0 Å². The Kier molecular flexibility index (Phi) is 6.02. The van der Waals surface area contributed by atoms with Gasteiger partial charge in [-0.15, -0.1) is 0 Å². The molecule has 2 aliphatic heterocycles. The second-order valence-electron chi connectivity index (χ2n) is 6.83. The molecule has 7 nitrogen and oxygen atoms in total. The average Bonchev–Trinajstić information content (AvgIpc) is 2.93. The van der Waals surface area contributed by atoms with Gasteiger partial charge in [0.05, 0.1) is 31.0 Å². The van der Waals surface area contributed by atoms with Crippen molar-refractivity contribution in [3.8, 4) is 0 Å². The van der Waals surface area contributed by atoms with Crippen LogP contribution >= 0.6 is 0 Å². The van der Waals surface area contributed by atoms with E-state index in [2.05, 4.69) is 10.6 Å². The zero-order valence-electron chi connectivity index (χ0n) is 16.2. The molecule has 2 N–H and O–H groups in total. The number of nitrogens with one attached hydrogen (secondary N) is 2.